The second-order valence-corrected chi connectivity index (χ2v) is 6.78. The first-order valence-electron chi connectivity index (χ1n) is 8.83. The van der Waals surface area contributed by atoms with Gasteiger partial charge in [0.05, 0.1) is 0 Å². The number of benzene rings is 1. The maximum Gasteiger partial charge on any atom is 0.255 e. The normalized spacial score (nSPS) is 19.5. The van der Waals surface area contributed by atoms with Crippen LogP contribution in [0.4, 0.5) is 0 Å². The van der Waals surface area contributed by atoms with Gasteiger partial charge >= 0.3 is 0 Å². The first-order chi connectivity index (χ1) is 12.5. The molecule has 0 bridgehead atoms. The summed E-state index contributed by atoms with van der Waals surface area (Å²) < 4.78 is 0. The summed E-state index contributed by atoms with van der Waals surface area (Å²) in [4.78, 5) is 37.7. The number of fused-ring (bicyclic) bond motifs is 1. The van der Waals surface area contributed by atoms with Crippen LogP contribution in [0.3, 0.4) is 0 Å². The fraction of sp³-hybridized carbons (Fsp3) is 0.421. The molecule has 1 aromatic carbocycles. The second-order valence-electron chi connectivity index (χ2n) is 6.78. The second kappa shape index (κ2) is 7.80. The summed E-state index contributed by atoms with van der Waals surface area (Å²) in [6.07, 6.45) is 1.43. The molecule has 2 aliphatic heterocycles. The Labute approximate surface area is 152 Å². The minimum atomic E-state index is -0.575. The van der Waals surface area contributed by atoms with Gasteiger partial charge in [-0.25, -0.2) is 0 Å². The van der Waals surface area contributed by atoms with E-state index >= 15 is 0 Å². The lowest BCUT2D eigenvalue weighted by atomic mass is 10.0. The molecule has 138 valence electrons. The van der Waals surface area contributed by atoms with Crippen LogP contribution in [0.25, 0.3) is 0 Å². The van der Waals surface area contributed by atoms with E-state index in [1.807, 2.05) is 18.2 Å². The number of rotatable bonds is 7. The maximum absolute atomic E-state index is 12.8. The average molecular weight is 356 g/mol. The molecule has 1 saturated heterocycles. The third kappa shape index (κ3) is 3.84. The molecule has 26 heavy (non-hydrogen) atoms. The lowest BCUT2D eigenvalue weighted by Crippen LogP contribution is -2.52. The van der Waals surface area contributed by atoms with Crippen molar-refractivity contribution in [3.05, 3.63) is 47.0 Å². The molecule has 1 atom stereocenters. The van der Waals surface area contributed by atoms with E-state index in [9.17, 15) is 14.4 Å². The summed E-state index contributed by atoms with van der Waals surface area (Å²) in [6, 6.07) is 5.22. The van der Waals surface area contributed by atoms with Gasteiger partial charge < -0.3 is 16.0 Å². The predicted octanol–water partition coefficient (Wildman–Crippen LogP) is 0.442. The summed E-state index contributed by atoms with van der Waals surface area (Å²) in [5.41, 5.74) is 9.10. The summed E-state index contributed by atoms with van der Waals surface area (Å²) in [5, 5.41) is 5.61. The molecule has 2 heterocycles. The Hall–Kier alpha value is -2.51. The van der Waals surface area contributed by atoms with Crippen molar-refractivity contribution < 1.29 is 14.4 Å². The molecule has 0 saturated carbocycles. The number of nitrogens with one attached hydrogen (secondary N) is 2. The van der Waals surface area contributed by atoms with E-state index in [0.29, 0.717) is 38.2 Å². The van der Waals surface area contributed by atoms with Gasteiger partial charge in [0.15, 0.2) is 0 Å². The number of hydrogen-bond donors (Lipinski definition) is 3. The molecule has 3 rings (SSSR count). The Morgan fingerprint density at radius 1 is 1.35 bits per heavy atom. The standard InChI is InChI=1S/C19H24N4O3/c1-12(6-7-20)9-21-10-13-2-3-14-11-23(19(26)15(14)8-13)16-4-5-17(24)22-18(16)25/h2-3,8,16,21H,1,4-7,9-11,20H2,(H,22,24,25). The molecule has 7 heteroatoms. The fourth-order valence-electron chi connectivity index (χ4n) is 3.39. The minimum Gasteiger partial charge on any atom is -0.330 e. The monoisotopic (exact) mass is 356 g/mol. The van der Waals surface area contributed by atoms with Crippen molar-refractivity contribution in [2.24, 2.45) is 5.73 Å². The van der Waals surface area contributed by atoms with Gasteiger partial charge in [-0.3, -0.25) is 19.7 Å². The van der Waals surface area contributed by atoms with Crippen molar-refractivity contribution in [3.8, 4) is 0 Å². The van der Waals surface area contributed by atoms with Gasteiger partial charge in [-0.15, -0.1) is 0 Å². The van der Waals surface area contributed by atoms with Crippen LogP contribution in [0.5, 0.6) is 0 Å². The topological polar surface area (TPSA) is 105 Å². The molecular formula is C19H24N4O3. The molecule has 0 spiro atoms. The summed E-state index contributed by atoms with van der Waals surface area (Å²) >= 11 is 0. The first-order valence-corrected chi connectivity index (χ1v) is 8.83. The van der Waals surface area contributed by atoms with Gasteiger partial charge in [-0.1, -0.05) is 24.3 Å². The molecule has 1 unspecified atom stereocenters. The number of imide groups is 1. The molecule has 3 amide bonds. The van der Waals surface area contributed by atoms with Crippen LogP contribution in [-0.2, 0) is 22.7 Å². The summed E-state index contributed by atoms with van der Waals surface area (Å²) in [7, 11) is 0. The highest BCUT2D eigenvalue weighted by atomic mass is 16.2. The van der Waals surface area contributed by atoms with E-state index in [2.05, 4.69) is 17.2 Å². The number of carbonyl (C=O) groups is 3. The first kappa shape index (κ1) is 18.3. The quantitative estimate of drug-likeness (QED) is 0.486. The summed E-state index contributed by atoms with van der Waals surface area (Å²) in [6.45, 7) is 6.26. The highest BCUT2D eigenvalue weighted by Crippen LogP contribution is 2.28. The average Bonchev–Trinajstić information content (AvgIpc) is 2.92. The van der Waals surface area contributed by atoms with E-state index in [1.54, 1.807) is 4.90 Å². The van der Waals surface area contributed by atoms with Crippen LogP contribution >= 0.6 is 0 Å². The minimum absolute atomic E-state index is 0.149. The zero-order chi connectivity index (χ0) is 18.7. The Balaban J connectivity index is 1.64. The van der Waals surface area contributed by atoms with E-state index < -0.39 is 6.04 Å². The van der Waals surface area contributed by atoms with E-state index in [4.69, 9.17) is 5.73 Å². The summed E-state index contributed by atoms with van der Waals surface area (Å²) in [5.74, 6) is -0.813. The predicted molar refractivity (Wildman–Crippen MR) is 97.0 cm³/mol. The van der Waals surface area contributed by atoms with Crippen molar-refractivity contribution in [2.75, 3.05) is 13.1 Å². The molecule has 0 radical (unpaired) electrons. The zero-order valence-electron chi connectivity index (χ0n) is 14.7. The van der Waals surface area contributed by atoms with Crippen molar-refractivity contribution >= 4 is 17.7 Å². The SMILES string of the molecule is C=C(CCN)CNCc1ccc2c(c1)C(=O)N(C1CCC(=O)NC1=O)C2. The molecule has 0 aromatic heterocycles. The number of nitrogens with two attached hydrogens (primary N) is 1. The van der Waals surface area contributed by atoms with Gasteiger partial charge in [0.2, 0.25) is 11.8 Å². The van der Waals surface area contributed by atoms with Crippen molar-refractivity contribution in [1.82, 2.24) is 15.5 Å². The van der Waals surface area contributed by atoms with Crippen molar-refractivity contribution in [2.45, 2.75) is 38.4 Å². The smallest absolute Gasteiger partial charge is 0.255 e. The van der Waals surface area contributed by atoms with Crippen LogP contribution in [-0.4, -0.2) is 41.8 Å². The van der Waals surface area contributed by atoms with Crippen molar-refractivity contribution in [3.63, 3.8) is 0 Å². The Kier molecular flexibility index (Phi) is 5.49. The van der Waals surface area contributed by atoms with E-state index in [1.165, 1.54) is 0 Å². The number of carbonyl (C=O) groups excluding carboxylic acids is 3. The number of piperidine rings is 1. The van der Waals surface area contributed by atoms with Crippen LogP contribution in [0.1, 0.15) is 40.7 Å². The third-order valence-corrected chi connectivity index (χ3v) is 4.79. The number of amides is 3. The lowest BCUT2D eigenvalue weighted by Gasteiger charge is -2.29. The largest absolute Gasteiger partial charge is 0.330 e. The Morgan fingerprint density at radius 3 is 2.88 bits per heavy atom. The van der Waals surface area contributed by atoms with E-state index in [-0.39, 0.29) is 24.1 Å². The van der Waals surface area contributed by atoms with Gasteiger partial charge in [0.1, 0.15) is 6.04 Å². The van der Waals surface area contributed by atoms with Gasteiger partial charge in [0, 0.05) is 31.6 Å². The van der Waals surface area contributed by atoms with Crippen molar-refractivity contribution in [1.29, 1.82) is 0 Å². The molecule has 0 aliphatic carbocycles. The number of hydrogen-bond acceptors (Lipinski definition) is 5. The van der Waals surface area contributed by atoms with Gasteiger partial charge in [0.25, 0.3) is 5.91 Å². The molecule has 1 aromatic rings. The van der Waals surface area contributed by atoms with E-state index in [0.717, 1.165) is 23.1 Å². The lowest BCUT2D eigenvalue weighted by molar-refractivity contribution is -0.136. The van der Waals surface area contributed by atoms with Crippen LogP contribution in [0.15, 0.2) is 30.4 Å². The molecule has 4 N–H and O–H groups in total. The van der Waals surface area contributed by atoms with Crippen LogP contribution in [0, 0.1) is 0 Å². The maximum atomic E-state index is 12.8. The van der Waals surface area contributed by atoms with Crippen LogP contribution < -0.4 is 16.4 Å². The molecule has 1 fully saturated rings. The van der Waals surface area contributed by atoms with Gasteiger partial charge in [-0.05, 0) is 36.6 Å². The highest BCUT2D eigenvalue weighted by Gasteiger charge is 2.38. The Morgan fingerprint density at radius 2 is 2.15 bits per heavy atom. The molecular weight excluding hydrogens is 332 g/mol. The van der Waals surface area contributed by atoms with Gasteiger partial charge in [-0.2, -0.15) is 0 Å². The van der Waals surface area contributed by atoms with Crippen LogP contribution in [0.2, 0.25) is 0 Å². The highest BCUT2D eigenvalue weighted by molar-refractivity contribution is 6.05. The zero-order valence-corrected chi connectivity index (χ0v) is 14.7. The number of nitrogens with zero attached hydrogens (tertiary/aromatic N) is 1. The third-order valence-electron chi connectivity index (χ3n) is 4.79. The fourth-order valence-corrected chi connectivity index (χ4v) is 3.39. The molecule has 2 aliphatic rings. The Bertz CT molecular complexity index is 759. The molecule has 7 nitrogen and oxygen atoms in total.